The largest absolute Gasteiger partial charge is 0.502 e. The van der Waals surface area contributed by atoms with Gasteiger partial charge in [-0.2, -0.15) is 23.5 Å². The monoisotopic (exact) mass is 350 g/mol. The van der Waals surface area contributed by atoms with E-state index >= 15 is 0 Å². The van der Waals surface area contributed by atoms with Crippen molar-refractivity contribution in [3.8, 4) is 5.75 Å². The second-order valence-corrected chi connectivity index (χ2v) is 8.65. The van der Waals surface area contributed by atoms with Crippen LogP contribution in [-0.4, -0.2) is 47.5 Å². The van der Waals surface area contributed by atoms with E-state index in [2.05, 4.69) is 4.72 Å². The molecule has 0 bridgehead atoms. The standard InChI is InChI=1S/C11H14N2O5S3/c14-11-2-1-9(5-10(11)13(15)16)21(17,18)12-6-8-7-19-3-4-20-8/h1-2,5,8,12,14H,3-4,6-7H2. The number of benzene rings is 1. The molecule has 1 aromatic carbocycles. The summed E-state index contributed by atoms with van der Waals surface area (Å²) >= 11 is 3.49. The molecular formula is C11H14N2O5S3. The highest BCUT2D eigenvalue weighted by Crippen LogP contribution is 2.28. The third-order valence-electron chi connectivity index (χ3n) is 2.84. The van der Waals surface area contributed by atoms with Crippen LogP contribution in [0.5, 0.6) is 5.75 Å². The molecule has 10 heteroatoms. The van der Waals surface area contributed by atoms with Gasteiger partial charge in [-0.1, -0.05) is 0 Å². The minimum absolute atomic E-state index is 0.200. The van der Waals surface area contributed by atoms with Crippen LogP contribution < -0.4 is 4.72 Å². The number of nitrogens with one attached hydrogen (secondary N) is 1. The van der Waals surface area contributed by atoms with Crippen molar-refractivity contribution in [2.75, 3.05) is 23.8 Å². The van der Waals surface area contributed by atoms with E-state index < -0.39 is 26.4 Å². The molecule has 0 spiro atoms. The molecule has 21 heavy (non-hydrogen) atoms. The molecule has 2 rings (SSSR count). The zero-order chi connectivity index (χ0) is 15.5. The molecule has 1 fully saturated rings. The van der Waals surface area contributed by atoms with Crippen LogP contribution in [0.15, 0.2) is 23.1 Å². The molecule has 1 aromatic rings. The molecule has 1 aliphatic heterocycles. The van der Waals surface area contributed by atoms with Gasteiger partial charge in [-0.25, -0.2) is 13.1 Å². The Hall–Kier alpha value is -0.970. The number of hydrogen-bond acceptors (Lipinski definition) is 7. The van der Waals surface area contributed by atoms with Crippen molar-refractivity contribution in [2.24, 2.45) is 0 Å². The van der Waals surface area contributed by atoms with Crippen molar-refractivity contribution in [1.29, 1.82) is 0 Å². The molecule has 1 aliphatic rings. The Balaban J connectivity index is 2.11. The average Bonchev–Trinajstić information content (AvgIpc) is 2.46. The first-order valence-corrected chi connectivity index (χ1v) is 9.75. The molecule has 1 atom stereocenters. The first-order valence-electron chi connectivity index (χ1n) is 6.06. The van der Waals surface area contributed by atoms with Gasteiger partial charge in [0.1, 0.15) is 0 Å². The zero-order valence-electron chi connectivity index (χ0n) is 10.9. The summed E-state index contributed by atoms with van der Waals surface area (Å²) in [5, 5.41) is 20.3. The van der Waals surface area contributed by atoms with Crippen LogP contribution >= 0.6 is 23.5 Å². The lowest BCUT2D eigenvalue weighted by molar-refractivity contribution is -0.386. The number of nitro benzene ring substituents is 1. The fraction of sp³-hybridized carbons (Fsp3) is 0.455. The summed E-state index contributed by atoms with van der Waals surface area (Å²) in [4.78, 5) is 9.69. The van der Waals surface area contributed by atoms with Crippen LogP contribution in [-0.2, 0) is 10.0 Å². The Morgan fingerprint density at radius 1 is 1.43 bits per heavy atom. The first kappa shape index (κ1) is 16.4. The molecule has 0 saturated carbocycles. The Morgan fingerprint density at radius 2 is 2.19 bits per heavy atom. The molecule has 1 saturated heterocycles. The third-order valence-corrected chi connectivity index (χ3v) is 7.11. The highest BCUT2D eigenvalue weighted by molar-refractivity contribution is 8.06. The number of thioether (sulfide) groups is 2. The van der Waals surface area contributed by atoms with Crippen molar-refractivity contribution in [3.05, 3.63) is 28.3 Å². The van der Waals surface area contributed by atoms with Gasteiger partial charge in [0.2, 0.25) is 10.0 Å². The molecule has 0 aromatic heterocycles. The number of nitro groups is 1. The molecule has 0 aliphatic carbocycles. The second kappa shape index (κ2) is 6.86. The van der Waals surface area contributed by atoms with E-state index in [0.29, 0.717) is 0 Å². The summed E-state index contributed by atoms with van der Waals surface area (Å²) in [5.41, 5.74) is -0.625. The Morgan fingerprint density at radius 3 is 2.81 bits per heavy atom. The van der Waals surface area contributed by atoms with E-state index in [1.807, 2.05) is 0 Å². The maximum Gasteiger partial charge on any atom is 0.312 e. The smallest absolute Gasteiger partial charge is 0.312 e. The fourth-order valence-electron chi connectivity index (χ4n) is 1.76. The third kappa shape index (κ3) is 4.25. The molecule has 1 unspecified atom stereocenters. The van der Waals surface area contributed by atoms with Crippen molar-refractivity contribution in [2.45, 2.75) is 10.1 Å². The summed E-state index contributed by atoms with van der Waals surface area (Å²) in [5.74, 6) is 2.38. The predicted octanol–water partition coefficient (Wildman–Crippen LogP) is 1.43. The van der Waals surface area contributed by atoms with Crippen LogP contribution in [0.4, 0.5) is 5.69 Å². The predicted molar refractivity (Wildman–Crippen MR) is 83.5 cm³/mol. The van der Waals surface area contributed by atoms with E-state index in [9.17, 15) is 23.6 Å². The van der Waals surface area contributed by atoms with Gasteiger partial charge in [-0.3, -0.25) is 10.1 Å². The minimum Gasteiger partial charge on any atom is -0.502 e. The van der Waals surface area contributed by atoms with Crippen molar-refractivity contribution in [1.82, 2.24) is 4.72 Å². The van der Waals surface area contributed by atoms with E-state index in [1.54, 1.807) is 23.5 Å². The lowest BCUT2D eigenvalue weighted by atomic mass is 10.3. The maximum atomic E-state index is 12.1. The lowest BCUT2D eigenvalue weighted by Crippen LogP contribution is -2.33. The number of aromatic hydroxyl groups is 1. The summed E-state index contributed by atoms with van der Waals surface area (Å²) in [6.07, 6.45) is 0. The SMILES string of the molecule is O=[N+]([O-])c1cc(S(=O)(=O)NCC2CSCCS2)ccc1O. The quantitative estimate of drug-likeness (QED) is 0.610. The zero-order valence-corrected chi connectivity index (χ0v) is 13.3. The fourth-order valence-corrected chi connectivity index (χ4v) is 5.58. The van der Waals surface area contributed by atoms with E-state index in [0.717, 1.165) is 35.5 Å². The molecule has 0 amide bonds. The summed E-state index contributed by atoms with van der Waals surface area (Å²) in [6.45, 7) is 0.286. The van der Waals surface area contributed by atoms with Crippen molar-refractivity contribution in [3.63, 3.8) is 0 Å². The summed E-state index contributed by atoms with van der Waals surface area (Å²) in [6, 6.07) is 3.02. The summed E-state index contributed by atoms with van der Waals surface area (Å²) in [7, 11) is -3.82. The van der Waals surface area contributed by atoms with Crippen molar-refractivity contribution >= 4 is 39.2 Å². The second-order valence-electron chi connectivity index (χ2n) is 4.33. The number of rotatable bonds is 5. The molecule has 1 heterocycles. The minimum atomic E-state index is -3.82. The average molecular weight is 350 g/mol. The van der Waals surface area contributed by atoms with E-state index in [1.165, 1.54) is 0 Å². The highest BCUT2D eigenvalue weighted by atomic mass is 32.2. The lowest BCUT2D eigenvalue weighted by Gasteiger charge is -2.21. The van der Waals surface area contributed by atoms with Gasteiger partial charge in [0.05, 0.1) is 9.82 Å². The van der Waals surface area contributed by atoms with Crippen LogP contribution in [0.25, 0.3) is 0 Å². The Bertz CT molecular complexity index is 629. The van der Waals surface area contributed by atoms with Crippen LogP contribution in [0.2, 0.25) is 0 Å². The number of nitrogens with zero attached hydrogens (tertiary/aromatic N) is 1. The van der Waals surface area contributed by atoms with Gasteiger partial charge in [0.15, 0.2) is 5.75 Å². The first-order chi connectivity index (χ1) is 9.90. The number of sulfonamides is 1. The van der Waals surface area contributed by atoms with Crippen LogP contribution in [0.1, 0.15) is 0 Å². The number of phenolic OH excluding ortho intramolecular Hbond substituents is 1. The van der Waals surface area contributed by atoms with Gasteiger partial charge in [-0.15, -0.1) is 0 Å². The van der Waals surface area contributed by atoms with Crippen molar-refractivity contribution < 1.29 is 18.4 Å². The van der Waals surface area contributed by atoms with Crippen LogP contribution in [0, 0.1) is 10.1 Å². The van der Waals surface area contributed by atoms with Crippen LogP contribution in [0.3, 0.4) is 0 Å². The Labute approximate surface area is 130 Å². The topological polar surface area (TPSA) is 110 Å². The highest BCUT2D eigenvalue weighted by Gasteiger charge is 2.23. The molecule has 7 nitrogen and oxygen atoms in total. The van der Waals surface area contributed by atoms with E-state index in [-0.39, 0.29) is 16.7 Å². The van der Waals surface area contributed by atoms with Gasteiger partial charge < -0.3 is 5.11 Å². The number of phenols is 1. The van der Waals surface area contributed by atoms with Gasteiger partial charge >= 0.3 is 5.69 Å². The maximum absolute atomic E-state index is 12.1. The summed E-state index contributed by atoms with van der Waals surface area (Å²) < 4.78 is 26.7. The number of hydrogen-bond donors (Lipinski definition) is 2. The Kier molecular flexibility index (Phi) is 5.36. The molecule has 0 radical (unpaired) electrons. The van der Waals surface area contributed by atoms with Gasteiger partial charge in [0, 0.05) is 35.1 Å². The van der Waals surface area contributed by atoms with E-state index in [4.69, 9.17) is 0 Å². The molecule has 2 N–H and O–H groups in total. The normalized spacial score (nSPS) is 19.3. The molecule has 116 valence electrons. The molecular weight excluding hydrogens is 336 g/mol. The van der Waals surface area contributed by atoms with Gasteiger partial charge in [-0.05, 0) is 12.1 Å². The van der Waals surface area contributed by atoms with Gasteiger partial charge in [0.25, 0.3) is 0 Å².